The molecule has 0 spiro atoms. The highest BCUT2D eigenvalue weighted by Gasteiger charge is 2.40. The Morgan fingerprint density at radius 3 is 2.21 bits per heavy atom. The van der Waals surface area contributed by atoms with Crippen LogP contribution in [0.2, 0.25) is 0 Å². The molecule has 1 heterocycles. The first-order valence-electron chi connectivity index (χ1n) is 6.66. The van der Waals surface area contributed by atoms with E-state index in [-0.39, 0.29) is 18.0 Å². The zero-order valence-electron chi connectivity index (χ0n) is 12.3. The first-order chi connectivity index (χ1) is 8.65. The quantitative estimate of drug-likeness (QED) is 0.815. The highest BCUT2D eigenvalue weighted by Crippen LogP contribution is 2.26. The van der Waals surface area contributed by atoms with Crippen molar-refractivity contribution in [3.8, 4) is 0 Å². The van der Waals surface area contributed by atoms with Gasteiger partial charge in [-0.15, -0.1) is 0 Å². The van der Waals surface area contributed by atoms with Gasteiger partial charge >= 0.3 is 0 Å². The summed E-state index contributed by atoms with van der Waals surface area (Å²) in [7, 11) is -1.73. The number of piperidine rings is 1. The van der Waals surface area contributed by atoms with Crippen LogP contribution in [0.1, 0.15) is 40.0 Å². The Balaban J connectivity index is 2.69. The van der Waals surface area contributed by atoms with E-state index in [0.29, 0.717) is 12.8 Å². The third-order valence-electron chi connectivity index (χ3n) is 3.84. The van der Waals surface area contributed by atoms with Gasteiger partial charge in [-0.2, -0.15) is 0 Å². The fraction of sp³-hybridized carbons (Fsp3) is 0.923. The van der Waals surface area contributed by atoms with E-state index >= 15 is 0 Å². The second-order valence-corrected chi connectivity index (χ2v) is 8.92. The Hall–Kier alpha value is -0.460. The Bertz CT molecular complexity index is 416. The molecule has 0 atom stereocenters. The van der Waals surface area contributed by atoms with Gasteiger partial charge in [-0.25, -0.2) is 8.42 Å². The molecule has 5 nitrogen and oxygen atoms in total. The molecule has 0 radical (unpaired) electrons. The third kappa shape index (κ3) is 3.77. The van der Waals surface area contributed by atoms with Gasteiger partial charge in [0.1, 0.15) is 5.60 Å². The van der Waals surface area contributed by atoms with Gasteiger partial charge < -0.3 is 10.1 Å². The first-order valence-corrected chi connectivity index (χ1v) is 8.31. The molecule has 0 aromatic carbocycles. The standard InChI is InChI=1S/C13H25NO4S/c1-12(2,3)19(16,17)10-5-11(15)13(18-4)6-8-14-9-7-13/h14H,5-10H2,1-4H3. The lowest BCUT2D eigenvalue weighted by atomic mass is 9.86. The molecular formula is C13H25NO4S. The predicted molar refractivity (Wildman–Crippen MR) is 75.0 cm³/mol. The predicted octanol–water partition coefficient (Wildman–Crippen LogP) is 0.927. The summed E-state index contributed by atoms with van der Waals surface area (Å²) in [4.78, 5) is 12.3. The number of sulfone groups is 1. The highest BCUT2D eigenvalue weighted by atomic mass is 32.2. The van der Waals surface area contributed by atoms with Crippen molar-refractivity contribution >= 4 is 15.6 Å². The van der Waals surface area contributed by atoms with Gasteiger partial charge in [0.25, 0.3) is 0 Å². The lowest BCUT2D eigenvalue weighted by Gasteiger charge is -2.35. The number of methoxy groups -OCH3 is 1. The minimum absolute atomic E-state index is 0.0352. The van der Waals surface area contributed by atoms with Gasteiger partial charge in [-0.1, -0.05) is 0 Å². The van der Waals surface area contributed by atoms with Crippen LogP contribution >= 0.6 is 0 Å². The number of carbonyl (C=O) groups is 1. The highest BCUT2D eigenvalue weighted by molar-refractivity contribution is 7.92. The molecule has 1 aliphatic heterocycles. The number of carbonyl (C=O) groups excluding carboxylic acids is 1. The van der Waals surface area contributed by atoms with E-state index < -0.39 is 20.2 Å². The fourth-order valence-electron chi connectivity index (χ4n) is 2.19. The molecule has 0 unspecified atom stereocenters. The zero-order chi connectivity index (χ0) is 14.7. The van der Waals surface area contributed by atoms with Gasteiger partial charge in [0.15, 0.2) is 15.6 Å². The van der Waals surface area contributed by atoms with E-state index in [1.807, 2.05) is 0 Å². The second-order valence-electron chi connectivity index (χ2n) is 6.05. The van der Waals surface area contributed by atoms with E-state index in [4.69, 9.17) is 4.74 Å². The van der Waals surface area contributed by atoms with Crippen molar-refractivity contribution in [2.75, 3.05) is 26.0 Å². The second kappa shape index (κ2) is 5.89. The monoisotopic (exact) mass is 291 g/mol. The number of hydrogen-bond acceptors (Lipinski definition) is 5. The SMILES string of the molecule is COC1(C(=O)CCS(=O)(=O)C(C)(C)C)CCNCC1. The number of hydrogen-bond donors (Lipinski definition) is 1. The topological polar surface area (TPSA) is 72.5 Å². The zero-order valence-corrected chi connectivity index (χ0v) is 13.1. The number of ketones is 1. The average molecular weight is 291 g/mol. The van der Waals surface area contributed by atoms with E-state index in [1.165, 1.54) is 7.11 Å². The molecule has 0 amide bonds. The molecule has 0 aromatic rings. The molecule has 0 saturated carbocycles. The molecule has 1 aliphatic rings. The van der Waals surface area contributed by atoms with Gasteiger partial charge in [0, 0.05) is 13.5 Å². The maximum Gasteiger partial charge on any atom is 0.165 e. The Morgan fingerprint density at radius 2 is 1.79 bits per heavy atom. The molecule has 112 valence electrons. The van der Waals surface area contributed by atoms with Crippen molar-refractivity contribution in [2.45, 2.75) is 50.4 Å². The Kier molecular flexibility index (Phi) is 5.15. The third-order valence-corrected chi connectivity index (χ3v) is 6.45. The molecule has 19 heavy (non-hydrogen) atoms. The van der Waals surface area contributed by atoms with E-state index in [0.717, 1.165) is 13.1 Å². The minimum Gasteiger partial charge on any atom is -0.370 e. The van der Waals surface area contributed by atoms with Crippen molar-refractivity contribution in [3.63, 3.8) is 0 Å². The average Bonchev–Trinajstić information content (AvgIpc) is 2.35. The van der Waals surface area contributed by atoms with Crippen LogP contribution in [0.4, 0.5) is 0 Å². The molecule has 0 aromatic heterocycles. The molecule has 1 rings (SSSR count). The van der Waals surface area contributed by atoms with Crippen LogP contribution in [0.15, 0.2) is 0 Å². The van der Waals surface area contributed by atoms with Crippen LogP contribution in [0.3, 0.4) is 0 Å². The fourth-order valence-corrected chi connectivity index (χ4v) is 3.25. The summed E-state index contributed by atoms with van der Waals surface area (Å²) in [5.41, 5.74) is -0.793. The lowest BCUT2D eigenvalue weighted by Crippen LogP contribution is -2.50. The van der Waals surface area contributed by atoms with Crippen molar-refractivity contribution in [3.05, 3.63) is 0 Å². The number of Topliss-reactive ketones (excluding diaryl/α,β-unsaturated/α-hetero) is 1. The normalized spacial score (nSPS) is 20.2. The maximum absolute atomic E-state index is 12.3. The molecule has 6 heteroatoms. The molecular weight excluding hydrogens is 266 g/mol. The van der Waals surface area contributed by atoms with Crippen LogP contribution < -0.4 is 5.32 Å². The van der Waals surface area contributed by atoms with Crippen molar-refractivity contribution in [2.24, 2.45) is 0 Å². The van der Waals surface area contributed by atoms with Gasteiger partial charge in [-0.3, -0.25) is 4.79 Å². The summed E-state index contributed by atoms with van der Waals surface area (Å²) >= 11 is 0. The smallest absolute Gasteiger partial charge is 0.165 e. The molecule has 0 aliphatic carbocycles. The summed E-state index contributed by atoms with van der Waals surface area (Å²) < 4.78 is 28.6. The van der Waals surface area contributed by atoms with Crippen LogP contribution in [0.25, 0.3) is 0 Å². The van der Waals surface area contributed by atoms with Crippen molar-refractivity contribution < 1.29 is 17.9 Å². The van der Waals surface area contributed by atoms with Crippen molar-refractivity contribution in [1.82, 2.24) is 5.32 Å². The summed E-state index contributed by atoms with van der Waals surface area (Å²) in [6.45, 7) is 6.42. The number of nitrogens with one attached hydrogen (secondary N) is 1. The largest absolute Gasteiger partial charge is 0.370 e. The summed E-state index contributed by atoms with van der Waals surface area (Å²) in [5, 5.41) is 3.17. The lowest BCUT2D eigenvalue weighted by molar-refractivity contribution is -0.143. The minimum atomic E-state index is -3.26. The molecule has 1 N–H and O–H groups in total. The van der Waals surface area contributed by atoms with Crippen LogP contribution in [0, 0.1) is 0 Å². The Labute approximate surface area is 116 Å². The maximum atomic E-state index is 12.3. The van der Waals surface area contributed by atoms with E-state index in [1.54, 1.807) is 20.8 Å². The van der Waals surface area contributed by atoms with E-state index in [2.05, 4.69) is 5.32 Å². The summed E-state index contributed by atoms with van der Waals surface area (Å²) in [6, 6.07) is 0. The van der Waals surface area contributed by atoms with Crippen LogP contribution in [0.5, 0.6) is 0 Å². The molecule has 1 saturated heterocycles. The molecule has 1 fully saturated rings. The van der Waals surface area contributed by atoms with E-state index in [9.17, 15) is 13.2 Å². The van der Waals surface area contributed by atoms with Crippen molar-refractivity contribution in [1.29, 1.82) is 0 Å². The van der Waals surface area contributed by atoms with Gasteiger partial charge in [-0.05, 0) is 46.7 Å². The number of rotatable bonds is 5. The Morgan fingerprint density at radius 1 is 1.26 bits per heavy atom. The van der Waals surface area contributed by atoms with Gasteiger partial charge in [0.05, 0.1) is 10.5 Å². The van der Waals surface area contributed by atoms with Crippen LogP contribution in [-0.4, -0.2) is 50.5 Å². The molecule has 0 bridgehead atoms. The number of ether oxygens (including phenoxy) is 1. The van der Waals surface area contributed by atoms with Crippen LogP contribution in [-0.2, 0) is 19.4 Å². The summed E-state index contributed by atoms with van der Waals surface area (Å²) in [6.07, 6.45) is 1.25. The first kappa shape index (κ1) is 16.6. The van der Waals surface area contributed by atoms with Gasteiger partial charge in [0.2, 0.25) is 0 Å². The summed E-state index contributed by atoms with van der Waals surface area (Å²) in [5.74, 6) is -0.197.